The van der Waals surface area contributed by atoms with Gasteiger partial charge in [0.2, 0.25) is 0 Å². The summed E-state index contributed by atoms with van der Waals surface area (Å²) in [6.07, 6.45) is 0.200. The molecule has 0 bridgehead atoms. The van der Waals surface area contributed by atoms with Crippen molar-refractivity contribution in [1.82, 2.24) is 0 Å². The largest absolute Gasteiger partial charge is 0.389 e. The van der Waals surface area contributed by atoms with Crippen molar-refractivity contribution in [3.8, 4) is 0 Å². The molecule has 0 aliphatic carbocycles. The zero-order chi connectivity index (χ0) is 11.5. The Hall–Kier alpha value is -0.680. The molecule has 2 rings (SSSR count). The molecule has 0 atom stereocenters. The quantitative estimate of drug-likeness (QED) is 0.837. The maximum Gasteiger partial charge on any atom is 0.105 e. The number of hydrogen-bond acceptors (Lipinski definition) is 3. The third-order valence-electron chi connectivity index (χ3n) is 2.42. The number of halogens is 1. The third-order valence-corrected chi connectivity index (χ3v) is 3.01. The van der Waals surface area contributed by atoms with Gasteiger partial charge in [0.25, 0.3) is 0 Å². The molecule has 3 nitrogen and oxygen atoms in total. The van der Waals surface area contributed by atoms with Crippen LogP contribution in [-0.4, -0.2) is 24.3 Å². The summed E-state index contributed by atoms with van der Waals surface area (Å²) in [5.74, 6) is 0. The monoisotopic (exact) mass is 257 g/mol. The van der Waals surface area contributed by atoms with Gasteiger partial charge in [-0.05, 0) is 11.6 Å². The van der Waals surface area contributed by atoms with E-state index in [1.54, 1.807) is 6.07 Å². The number of nitrogens with two attached hydrogens (primary N) is 1. The van der Waals surface area contributed by atoms with Gasteiger partial charge in [-0.2, -0.15) is 0 Å². The Bertz CT molecular complexity index is 407. The molecule has 1 aliphatic heterocycles. The van der Waals surface area contributed by atoms with E-state index in [1.807, 2.05) is 12.1 Å². The summed E-state index contributed by atoms with van der Waals surface area (Å²) in [5.41, 5.74) is 7.22. The van der Waals surface area contributed by atoms with Crippen LogP contribution in [0.2, 0.25) is 5.02 Å². The minimum absolute atomic E-state index is 0.200. The fourth-order valence-electron chi connectivity index (χ4n) is 1.34. The fraction of sp³-hybridized carbons (Fsp3) is 0.364. The van der Waals surface area contributed by atoms with Crippen LogP contribution in [0.25, 0.3) is 0 Å². The SMILES string of the molecule is NC(=S)c1ccc(COC2COC2)c(Cl)c1. The minimum atomic E-state index is 0.200. The molecule has 1 fully saturated rings. The number of thiocarbonyl (C=S) groups is 1. The van der Waals surface area contributed by atoms with Crippen molar-refractivity contribution in [1.29, 1.82) is 0 Å². The first-order valence-electron chi connectivity index (χ1n) is 4.94. The second-order valence-corrected chi connectivity index (χ2v) is 4.49. The van der Waals surface area contributed by atoms with Gasteiger partial charge in [-0.25, -0.2) is 0 Å². The Balaban J connectivity index is 2.00. The highest BCUT2D eigenvalue weighted by molar-refractivity contribution is 7.80. The summed E-state index contributed by atoms with van der Waals surface area (Å²) in [7, 11) is 0. The first kappa shape index (κ1) is 11.8. The molecule has 5 heteroatoms. The first-order valence-corrected chi connectivity index (χ1v) is 5.73. The molecule has 0 saturated carbocycles. The van der Waals surface area contributed by atoms with Gasteiger partial charge in [0.1, 0.15) is 11.1 Å². The summed E-state index contributed by atoms with van der Waals surface area (Å²) in [5, 5.41) is 0.630. The second-order valence-electron chi connectivity index (χ2n) is 3.64. The molecule has 1 aromatic carbocycles. The molecule has 0 radical (unpaired) electrons. The van der Waals surface area contributed by atoms with Gasteiger partial charge < -0.3 is 15.2 Å². The fourth-order valence-corrected chi connectivity index (χ4v) is 1.70. The topological polar surface area (TPSA) is 44.5 Å². The normalized spacial score (nSPS) is 15.8. The van der Waals surface area contributed by atoms with E-state index in [1.165, 1.54) is 0 Å². The highest BCUT2D eigenvalue weighted by atomic mass is 35.5. The third kappa shape index (κ3) is 2.71. The standard InChI is InChI=1S/C11H12ClNO2S/c12-10-3-7(11(13)16)1-2-8(10)4-15-9-5-14-6-9/h1-3,9H,4-6H2,(H2,13,16). The summed E-state index contributed by atoms with van der Waals surface area (Å²) in [6.45, 7) is 1.83. The van der Waals surface area contributed by atoms with Gasteiger partial charge >= 0.3 is 0 Å². The summed E-state index contributed by atoms with van der Waals surface area (Å²) < 4.78 is 10.6. The molecule has 2 N–H and O–H groups in total. The molecule has 16 heavy (non-hydrogen) atoms. The number of benzene rings is 1. The molecule has 86 valence electrons. The van der Waals surface area contributed by atoms with Crippen LogP contribution in [0.3, 0.4) is 0 Å². The van der Waals surface area contributed by atoms with Crippen LogP contribution in [-0.2, 0) is 16.1 Å². The maximum absolute atomic E-state index is 6.09. The maximum atomic E-state index is 6.09. The van der Waals surface area contributed by atoms with Crippen LogP contribution in [0.5, 0.6) is 0 Å². The molecule has 0 unspecified atom stereocenters. The van der Waals surface area contributed by atoms with Crippen LogP contribution in [0, 0.1) is 0 Å². The zero-order valence-electron chi connectivity index (χ0n) is 8.61. The van der Waals surface area contributed by atoms with Crippen molar-refractivity contribution >= 4 is 28.8 Å². The molecular weight excluding hydrogens is 246 g/mol. The Morgan fingerprint density at radius 2 is 2.31 bits per heavy atom. The van der Waals surface area contributed by atoms with Crippen LogP contribution in [0.15, 0.2) is 18.2 Å². The molecule has 0 spiro atoms. The van der Waals surface area contributed by atoms with E-state index in [9.17, 15) is 0 Å². The van der Waals surface area contributed by atoms with E-state index < -0.39 is 0 Å². The average Bonchev–Trinajstić information content (AvgIpc) is 2.17. The number of hydrogen-bond donors (Lipinski definition) is 1. The van der Waals surface area contributed by atoms with Crippen LogP contribution < -0.4 is 5.73 Å². The van der Waals surface area contributed by atoms with E-state index in [0.29, 0.717) is 29.8 Å². The smallest absolute Gasteiger partial charge is 0.105 e. The van der Waals surface area contributed by atoms with E-state index in [-0.39, 0.29) is 6.10 Å². The van der Waals surface area contributed by atoms with Crippen LogP contribution in [0.4, 0.5) is 0 Å². The van der Waals surface area contributed by atoms with Crippen molar-refractivity contribution in [2.45, 2.75) is 12.7 Å². The van der Waals surface area contributed by atoms with Crippen molar-refractivity contribution in [3.63, 3.8) is 0 Å². The van der Waals surface area contributed by atoms with Gasteiger partial charge in [0, 0.05) is 10.6 Å². The van der Waals surface area contributed by atoms with E-state index in [0.717, 1.165) is 11.1 Å². The highest BCUT2D eigenvalue weighted by Crippen LogP contribution is 2.20. The van der Waals surface area contributed by atoms with Gasteiger partial charge in [-0.1, -0.05) is 36.0 Å². The Morgan fingerprint density at radius 1 is 1.56 bits per heavy atom. The van der Waals surface area contributed by atoms with Crippen LogP contribution >= 0.6 is 23.8 Å². The molecule has 0 amide bonds. The number of rotatable bonds is 4. The van der Waals surface area contributed by atoms with Gasteiger partial charge in [0.05, 0.1) is 19.8 Å². The van der Waals surface area contributed by atoms with Crippen molar-refractivity contribution < 1.29 is 9.47 Å². The van der Waals surface area contributed by atoms with Crippen molar-refractivity contribution in [2.75, 3.05) is 13.2 Å². The Kier molecular flexibility index (Phi) is 3.76. The van der Waals surface area contributed by atoms with E-state index >= 15 is 0 Å². The molecular formula is C11H12ClNO2S. The first-order chi connectivity index (χ1) is 7.66. The second kappa shape index (κ2) is 5.10. The Labute approximate surface area is 104 Å². The lowest BCUT2D eigenvalue weighted by atomic mass is 10.1. The van der Waals surface area contributed by atoms with Gasteiger partial charge in [0.15, 0.2) is 0 Å². The molecule has 1 aromatic rings. The van der Waals surface area contributed by atoms with Crippen molar-refractivity contribution in [3.05, 3.63) is 34.3 Å². The Morgan fingerprint density at radius 3 is 2.81 bits per heavy atom. The van der Waals surface area contributed by atoms with E-state index in [4.69, 9.17) is 39.0 Å². The van der Waals surface area contributed by atoms with E-state index in [2.05, 4.69) is 0 Å². The molecule has 1 heterocycles. The molecule has 1 aliphatic rings. The minimum Gasteiger partial charge on any atom is -0.389 e. The molecule has 0 aromatic heterocycles. The molecule has 1 saturated heterocycles. The lowest BCUT2D eigenvalue weighted by molar-refractivity contribution is -0.135. The van der Waals surface area contributed by atoms with Gasteiger partial charge in [-0.3, -0.25) is 0 Å². The van der Waals surface area contributed by atoms with Crippen molar-refractivity contribution in [2.24, 2.45) is 5.73 Å². The summed E-state index contributed by atoms with van der Waals surface area (Å²) in [4.78, 5) is 0.349. The highest BCUT2D eigenvalue weighted by Gasteiger charge is 2.19. The summed E-state index contributed by atoms with van der Waals surface area (Å²) >= 11 is 11.0. The lowest BCUT2D eigenvalue weighted by Gasteiger charge is -2.26. The van der Waals surface area contributed by atoms with Gasteiger partial charge in [-0.15, -0.1) is 0 Å². The average molecular weight is 258 g/mol. The predicted octanol–water partition coefficient (Wildman–Crippen LogP) is 1.89. The zero-order valence-corrected chi connectivity index (χ0v) is 10.2. The summed E-state index contributed by atoms with van der Waals surface area (Å²) in [6, 6.07) is 5.50. The lowest BCUT2D eigenvalue weighted by Crippen LogP contribution is -2.35. The van der Waals surface area contributed by atoms with Crippen LogP contribution in [0.1, 0.15) is 11.1 Å². The number of ether oxygens (including phenoxy) is 2. The predicted molar refractivity (Wildman–Crippen MR) is 66.7 cm³/mol.